The van der Waals surface area contributed by atoms with E-state index in [9.17, 15) is 4.79 Å². The summed E-state index contributed by atoms with van der Waals surface area (Å²) in [6, 6.07) is 10.0. The van der Waals surface area contributed by atoms with E-state index in [0.29, 0.717) is 37.8 Å². The lowest BCUT2D eigenvalue weighted by Gasteiger charge is -2.24. The number of nitrogens with one attached hydrogen (secondary N) is 1. The minimum atomic E-state index is 0.0419. The number of carbonyl (C=O) groups excluding carboxylic acids is 1. The zero-order chi connectivity index (χ0) is 13.8. The molecule has 104 valence electrons. The lowest BCUT2D eigenvalue weighted by atomic mass is 10.1. The normalized spacial score (nSPS) is 16.1. The van der Waals surface area contributed by atoms with Crippen LogP contribution >= 0.6 is 0 Å². The molecular formula is C14H16N4O2. The summed E-state index contributed by atoms with van der Waals surface area (Å²) in [6.45, 7) is 2.39. The van der Waals surface area contributed by atoms with Crippen LogP contribution < -0.4 is 5.32 Å². The molecule has 1 fully saturated rings. The van der Waals surface area contributed by atoms with E-state index in [1.165, 1.54) is 0 Å². The molecule has 2 aromatic rings. The third kappa shape index (κ3) is 3.21. The number of carbonyl (C=O) groups is 1. The van der Waals surface area contributed by atoms with Gasteiger partial charge in [-0.2, -0.15) is 4.98 Å². The van der Waals surface area contributed by atoms with Gasteiger partial charge in [0.15, 0.2) is 5.82 Å². The van der Waals surface area contributed by atoms with Crippen molar-refractivity contribution in [3.8, 4) is 0 Å². The molecule has 1 aromatic heterocycles. The van der Waals surface area contributed by atoms with Gasteiger partial charge in [0.2, 0.25) is 11.8 Å². The molecule has 0 bridgehead atoms. The van der Waals surface area contributed by atoms with Crippen molar-refractivity contribution >= 4 is 5.91 Å². The van der Waals surface area contributed by atoms with E-state index in [0.717, 1.165) is 12.1 Å². The monoisotopic (exact) mass is 272 g/mol. The Labute approximate surface area is 116 Å². The highest BCUT2D eigenvalue weighted by Gasteiger charge is 2.18. The number of aromatic nitrogens is 2. The summed E-state index contributed by atoms with van der Waals surface area (Å²) in [4.78, 5) is 17.7. The molecule has 0 spiro atoms. The van der Waals surface area contributed by atoms with Gasteiger partial charge in [0.25, 0.3) is 0 Å². The van der Waals surface area contributed by atoms with E-state index in [1.54, 1.807) is 0 Å². The Morgan fingerprint density at radius 3 is 2.95 bits per heavy atom. The smallest absolute Gasteiger partial charge is 0.240 e. The molecule has 1 N–H and O–H groups in total. The van der Waals surface area contributed by atoms with Gasteiger partial charge in [-0.25, -0.2) is 0 Å². The summed E-state index contributed by atoms with van der Waals surface area (Å²) in [5, 5.41) is 6.77. The summed E-state index contributed by atoms with van der Waals surface area (Å²) in [6.07, 6.45) is 0.658. The zero-order valence-electron chi connectivity index (χ0n) is 11.1. The van der Waals surface area contributed by atoms with Crippen LogP contribution in [0.1, 0.15) is 17.3 Å². The topological polar surface area (TPSA) is 71.3 Å². The first-order valence-electron chi connectivity index (χ1n) is 6.64. The van der Waals surface area contributed by atoms with Gasteiger partial charge in [0.05, 0.1) is 13.1 Å². The van der Waals surface area contributed by atoms with E-state index < -0.39 is 0 Å². The quantitative estimate of drug-likeness (QED) is 0.882. The van der Waals surface area contributed by atoms with Crippen LogP contribution in [0.25, 0.3) is 0 Å². The van der Waals surface area contributed by atoms with E-state index in [-0.39, 0.29) is 5.91 Å². The Balaban J connectivity index is 1.60. The van der Waals surface area contributed by atoms with Gasteiger partial charge in [0.1, 0.15) is 0 Å². The molecule has 1 aliphatic heterocycles. The van der Waals surface area contributed by atoms with Crippen molar-refractivity contribution < 1.29 is 9.32 Å². The molecule has 6 nitrogen and oxygen atoms in total. The predicted molar refractivity (Wildman–Crippen MR) is 71.8 cm³/mol. The number of amides is 1. The molecule has 0 unspecified atom stereocenters. The fraction of sp³-hybridized carbons (Fsp3) is 0.357. The van der Waals surface area contributed by atoms with Crippen LogP contribution in [-0.2, 0) is 17.8 Å². The van der Waals surface area contributed by atoms with Crippen LogP contribution in [0.4, 0.5) is 0 Å². The van der Waals surface area contributed by atoms with Crippen molar-refractivity contribution in [2.75, 3.05) is 19.6 Å². The molecule has 1 aliphatic rings. The molecule has 20 heavy (non-hydrogen) atoms. The Morgan fingerprint density at radius 2 is 2.15 bits per heavy atom. The van der Waals surface area contributed by atoms with Crippen molar-refractivity contribution in [2.24, 2.45) is 0 Å². The molecule has 1 saturated heterocycles. The highest BCUT2D eigenvalue weighted by atomic mass is 16.5. The average molecular weight is 272 g/mol. The standard InChI is InChI=1S/C14H16N4O2/c19-13-9-18(7-6-15-13)10-14-16-12(17-20-14)8-11-4-2-1-3-5-11/h1-5H,6-10H2,(H,15,19). The SMILES string of the molecule is O=C1CN(Cc2nc(Cc3ccccc3)no2)CCN1. The van der Waals surface area contributed by atoms with E-state index in [1.807, 2.05) is 35.2 Å². The maximum absolute atomic E-state index is 11.3. The molecule has 1 aromatic carbocycles. The summed E-state index contributed by atoms with van der Waals surface area (Å²) in [5.74, 6) is 1.28. The molecule has 1 amide bonds. The summed E-state index contributed by atoms with van der Waals surface area (Å²) >= 11 is 0. The van der Waals surface area contributed by atoms with Gasteiger partial charge < -0.3 is 9.84 Å². The number of hydrogen-bond donors (Lipinski definition) is 1. The molecule has 3 rings (SSSR count). The van der Waals surface area contributed by atoms with Crippen molar-refractivity contribution in [1.82, 2.24) is 20.4 Å². The third-order valence-corrected chi connectivity index (χ3v) is 3.19. The van der Waals surface area contributed by atoms with E-state index in [2.05, 4.69) is 15.5 Å². The fourth-order valence-electron chi connectivity index (χ4n) is 2.22. The van der Waals surface area contributed by atoms with Crippen molar-refractivity contribution in [2.45, 2.75) is 13.0 Å². The van der Waals surface area contributed by atoms with Crippen LogP contribution in [0.5, 0.6) is 0 Å². The second-order valence-corrected chi connectivity index (χ2v) is 4.83. The average Bonchev–Trinajstić information content (AvgIpc) is 2.87. The minimum Gasteiger partial charge on any atom is -0.354 e. The van der Waals surface area contributed by atoms with Gasteiger partial charge in [-0.15, -0.1) is 0 Å². The number of rotatable bonds is 4. The molecule has 0 saturated carbocycles. The van der Waals surface area contributed by atoms with E-state index >= 15 is 0 Å². The highest BCUT2D eigenvalue weighted by molar-refractivity contribution is 5.78. The second kappa shape index (κ2) is 5.83. The number of hydrogen-bond acceptors (Lipinski definition) is 5. The van der Waals surface area contributed by atoms with Gasteiger partial charge in [-0.1, -0.05) is 35.5 Å². The predicted octanol–water partition coefficient (Wildman–Crippen LogP) is 0.592. The van der Waals surface area contributed by atoms with Crippen LogP contribution in [0.2, 0.25) is 0 Å². The molecule has 0 aliphatic carbocycles. The summed E-state index contributed by atoms with van der Waals surface area (Å²) in [7, 11) is 0. The Bertz CT molecular complexity index is 582. The third-order valence-electron chi connectivity index (χ3n) is 3.19. The fourth-order valence-corrected chi connectivity index (χ4v) is 2.22. The molecule has 0 atom stereocenters. The lowest BCUT2D eigenvalue weighted by Crippen LogP contribution is -2.47. The van der Waals surface area contributed by atoms with Crippen molar-refractivity contribution in [1.29, 1.82) is 0 Å². The summed E-state index contributed by atoms with van der Waals surface area (Å²) < 4.78 is 5.24. The Morgan fingerprint density at radius 1 is 1.30 bits per heavy atom. The Kier molecular flexibility index (Phi) is 3.73. The maximum atomic E-state index is 11.3. The zero-order valence-corrected chi connectivity index (χ0v) is 11.1. The van der Waals surface area contributed by atoms with Crippen LogP contribution in [-0.4, -0.2) is 40.6 Å². The van der Waals surface area contributed by atoms with E-state index in [4.69, 9.17) is 4.52 Å². The molecule has 0 radical (unpaired) electrons. The molecular weight excluding hydrogens is 256 g/mol. The number of nitrogens with zero attached hydrogens (tertiary/aromatic N) is 3. The summed E-state index contributed by atoms with van der Waals surface area (Å²) in [5.41, 5.74) is 1.15. The van der Waals surface area contributed by atoms with Gasteiger partial charge in [0, 0.05) is 19.5 Å². The van der Waals surface area contributed by atoms with Crippen LogP contribution in [0.3, 0.4) is 0 Å². The van der Waals surface area contributed by atoms with Crippen LogP contribution in [0.15, 0.2) is 34.9 Å². The Hall–Kier alpha value is -2.21. The first-order chi connectivity index (χ1) is 9.79. The van der Waals surface area contributed by atoms with Gasteiger partial charge in [-0.3, -0.25) is 9.69 Å². The molecule has 2 heterocycles. The maximum Gasteiger partial charge on any atom is 0.240 e. The van der Waals surface area contributed by atoms with Crippen molar-refractivity contribution in [3.05, 3.63) is 47.6 Å². The number of piperazine rings is 1. The second-order valence-electron chi connectivity index (χ2n) is 4.83. The first-order valence-corrected chi connectivity index (χ1v) is 6.64. The van der Waals surface area contributed by atoms with Crippen molar-refractivity contribution in [3.63, 3.8) is 0 Å². The van der Waals surface area contributed by atoms with Gasteiger partial charge in [-0.05, 0) is 5.56 Å². The number of benzene rings is 1. The first kappa shape index (κ1) is 12.8. The molecule has 6 heteroatoms. The minimum absolute atomic E-state index is 0.0419. The highest BCUT2D eigenvalue weighted by Crippen LogP contribution is 2.08. The lowest BCUT2D eigenvalue weighted by molar-refractivity contribution is -0.124. The van der Waals surface area contributed by atoms with Gasteiger partial charge >= 0.3 is 0 Å². The largest absolute Gasteiger partial charge is 0.354 e. The van der Waals surface area contributed by atoms with Crippen LogP contribution in [0, 0.1) is 0 Å².